The number of methoxy groups -OCH3 is 1. The van der Waals surface area contributed by atoms with Gasteiger partial charge in [0, 0.05) is 12.0 Å². The molecule has 0 saturated carbocycles. The molecule has 0 amide bonds. The van der Waals surface area contributed by atoms with Crippen molar-refractivity contribution < 1.29 is 13.5 Å². The molecule has 17 heavy (non-hydrogen) atoms. The molecule has 0 fully saturated rings. The standard InChI is InChI=1S/C13H17F2OSi/c1-5-8-13(14,15)11-9-10(16-2)6-7-12(11)17(3)4/h5-7,9H,1,8H2,2-4H3. The summed E-state index contributed by atoms with van der Waals surface area (Å²) in [5, 5.41) is 0.752. The van der Waals surface area contributed by atoms with E-state index >= 15 is 0 Å². The van der Waals surface area contributed by atoms with Gasteiger partial charge in [0.2, 0.25) is 0 Å². The summed E-state index contributed by atoms with van der Waals surface area (Å²) in [5.74, 6) is -2.40. The smallest absolute Gasteiger partial charge is 0.276 e. The Morgan fingerprint density at radius 1 is 1.41 bits per heavy atom. The highest BCUT2D eigenvalue weighted by Gasteiger charge is 2.33. The van der Waals surface area contributed by atoms with E-state index in [1.54, 1.807) is 12.1 Å². The number of hydrogen-bond donors (Lipinski definition) is 0. The molecule has 1 radical (unpaired) electrons. The lowest BCUT2D eigenvalue weighted by Gasteiger charge is -2.21. The molecule has 1 nitrogen and oxygen atoms in total. The first kappa shape index (κ1) is 13.9. The van der Waals surface area contributed by atoms with Crippen molar-refractivity contribution in [2.24, 2.45) is 0 Å². The molecular weight excluding hydrogens is 238 g/mol. The van der Waals surface area contributed by atoms with Crippen molar-refractivity contribution >= 4 is 14.0 Å². The maximum atomic E-state index is 14.0. The van der Waals surface area contributed by atoms with Crippen molar-refractivity contribution in [3.05, 3.63) is 36.4 Å². The summed E-state index contributed by atoms with van der Waals surface area (Å²) in [4.78, 5) is 0. The first-order chi connectivity index (χ1) is 7.92. The molecule has 0 atom stereocenters. The average molecular weight is 255 g/mol. The van der Waals surface area contributed by atoms with Crippen molar-refractivity contribution in [3.8, 4) is 5.75 Å². The second-order valence-corrected chi connectivity index (χ2v) is 6.65. The van der Waals surface area contributed by atoms with Gasteiger partial charge in [-0.05, 0) is 12.1 Å². The Kier molecular flexibility index (Phi) is 4.45. The first-order valence-corrected chi connectivity index (χ1v) is 7.90. The Hall–Kier alpha value is -1.16. The van der Waals surface area contributed by atoms with E-state index in [0.29, 0.717) is 5.75 Å². The van der Waals surface area contributed by atoms with Crippen molar-refractivity contribution in [2.75, 3.05) is 7.11 Å². The van der Waals surface area contributed by atoms with Crippen LogP contribution < -0.4 is 9.92 Å². The van der Waals surface area contributed by atoms with Crippen LogP contribution in [0.15, 0.2) is 30.9 Å². The molecule has 1 aromatic rings. The van der Waals surface area contributed by atoms with E-state index in [0.717, 1.165) is 5.19 Å². The first-order valence-electron chi connectivity index (χ1n) is 5.40. The van der Waals surface area contributed by atoms with Gasteiger partial charge in [0.05, 0.1) is 15.9 Å². The Morgan fingerprint density at radius 2 is 2.06 bits per heavy atom. The number of halogens is 2. The van der Waals surface area contributed by atoms with Crippen LogP contribution in [-0.2, 0) is 5.92 Å². The van der Waals surface area contributed by atoms with E-state index in [1.165, 1.54) is 19.3 Å². The molecule has 0 aliphatic rings. The second-order valence-electron chi connectivity index (χ2n) is 4.11. The Bertz CT molecular complexity index is 402. The molecule has 93 valence electrons. The molecular formula is C13H17F2OSi. The summed E-state index contributed by atoms with van der Waals surface area (Å²) in [6, 6.07) is 4.93. The number of ether oxygens (including phenoxy) is 1. The van der Waals surface area contributed by atoms with Gasteiger partial charge in [-0.1, -0.05) is 30.4 Å². The number of rotatable bonds is 5. The van der Waals surface area contributed by atoms with E-state index in [1.807, 2.05) is 13.1 Å². The molecule has 0 unspecified atom stereocenters. The molecule has 1 aromatic carbocycles. The fourth-order valence-electron chi connectivity index (χ4n) is 1.68. The molecule has 0 heterocycles. The molecule has 0 N–H and O–H groups in total. The van der Waals surface area contributed by atoms with Gasteiger partial charge in [-0.15, -0.1) is 6.58 Å². The van der Waals surface area contributed by atoms with Crippen LogP contribution in [0, 0.1) is 0 Å². The summed E-state index contributed by atoms with van der Waals surface area (Å²) in [6.45, 7) is 7.39. The molecule has 1 rings (SSSR count). The monoisotopic (exact) mass is 255 g/mol. The van der Waals surface area contributed by atoms with Crippen LogP contribution in [0.5, 0.6) is 5.75 Å². The highest BCUT2D eigenvalue weighted by atomic mass is 28.3. The summed E-state index contributed by atoms with van der Waals surface area (Å²) in [6.07, 6.45) is 0.906. The quantitative estimate of drug-likeness (QED) is 0.579. The lowest BCUT2D eigenvalue weighted by atomic mass is 10.1. The maximum Gasteiger partial charge on any atom is 0.276 e. The zero-order valence-corrected chi connectivity index (χ0v) is 11.4. The predicted molar refractivity (Wildman–Crippen MR) is 68.8 cm³/mol. The summed E-state index contributed by atoms with van der Waals surface area (Å²) >= 11 is 0. The SMILES string of the molecule is C=CCC(F)(F)c1cc(OC)ccc1[Si](C)C. The van der Waals surface area contributed by atoms with E-state index < -0.39 is 14.7 Å². The predicted octanol–water partition coefficient (Wildman–Crippen LogP) is 3.32. The van der Waals surface area contributed by atoms with Crippen LogP contribution in [0.25, 0.3) is 0 Å². The van der Waals surface area contributed by atoms with Crippen molar-refractivity contribution in [1.82, 2.24) is 0 Å². The van der Waals surface area contributed by atoms with Gasteiger partial charge in [0.1, 0.15) is 5.75 Å². The van der Waals surface area contributed by atoms with Crippen molar-refractivity contribution in [3.63, 3.8) is 0 Å². The van der Waals surface area contributed by atoms with E-state index in [2.05, 4.69) is 6.58 Å². The Labute approximate surface area is 103 Å². The number of alkyl halides is 2. The van der Waals surface area contributed by atoms with Gasteiger partial charge in [-0.3, -0.25) is 0 Å². The summed E-state index contributed by atoms with van der Waals surface area (Å²) in [5.41, 5.74) is 0.0793. The van der Waals surface area contributed by atoms with Gasteiger partial charge < -0.3 is 4.74 Å². The van der Waals surface area contributed by atoms with Gasteiger partial charge in [-0.25, -0.2) is 8.78 Å². The lowest BCUT2D eigenvalue weighted by molar-refractivity contribution is -0.00000597. The molecule has 0 bridgehead atoms. The van der Waals surface area contributed by atoms with E-state index in [-0.39, 0.29) is 12.0 Å². The van der Waals surface area contributed by atoms with Gasteiger partial charge in [0.15, 0.2) is 0 Å². The minimum Gasteiger partial charge on any atom is -0.497 e. The third-order valence-electron chi connectivity index (χ3n) is 2.56. The maximum absolute atomic E-state index is 14.0. The second kappa shape index (κ2) is 5.45. The topological polar surface area (TPSA) is 9.23 Å². The van der Waals surface area contributed by atoms with Crippen LogP contribution in [0.3, 0.4) is 0 Å². The highest BCUT2D eigenvalue weighted by molar-refractivity contribution is 6.71. The molecule has 4 heteroatoms. The molecule has 0 aliphatic heterocycles. The van der Waals surface area contributed by atoms with Crippen LogP contribution >= 0.6 is 0 Å². The largest absolute Gasteiger partial charge is 0.497 e. The molecule has 0 aliphatic carbocycles. The van der Waals surface area contributed by atoms with E-state index in [9.17, 15) is 8.78 Å². The van der Waals surface area contributed by atoms with Crippen LogP contribution in [0.4, 0.5) is 8.78 Å². The van der Waals surface area contributed by atoms with E-state index in [4.69, 9.17) is 4.74 Å². The number of hydrogen-bond acceptors (Lipinski definition) is 1. The lowest BCUT2D eigenvalue weighted by Crippen LogP contribution is -2.32. The summed E-state index contributed by atoms with van der Waals surface area (Å²) < 4.78 is 33.0. The molecule has 0 spiro atoms. The minimum absolute atomic E-state index is 0.0793. The zero-order chi connectivity index (χ0) is 13.1. The zero-order valence-electron chi connectivity index (χ0n) is 10.4. The molecule has 0 saturated heterocycles. The van der Waals surface area contributed by atoms with Crippen LogP contribution in [0.2, 0.25) is 13.1 Å². The third kappa shape index (κ3) is 3.16. The molecule has 0 aromatic heterocycles. The third-order valence-corrected chi connectivity index (χ3v) is 4.07. The van der Waals surface area contributed by atoms with Crippen LogP contribution in [0.1, 0.15) is 12.0 Å². The van der Waals surface area contributed by atoms with Gasteiger partial charge >= 0.3 is 0 Å². The van der Waals surface area contributed by atoms with Gasteiger partial charge in [0.25, 0.3) is 5.92 Å². The van der Waals surface area contributed by atoms with Crippen molar-refractivity contribution in [2.45, 2.75) is 25.4 Å². The van der Waals surface area contributed by atoms with Crippen molar-refractivity contribution in [1.29, 1.82) is 0 Å². The van der Waals surface area contributed by atoms with Crippen LogP contribution in [-0.4, -0.2) is 15.9 Å². The minimum atomic E-state index is -2.87. The normalized spacial score (nSPS) is 11.6. The average Bonchev–Trinajstić information content (AvgIpc) is 2.28. The highest BCUT2D eigenvalue weighted by Crippen LogP contribution is 2.33. The number of benzene rings is 1. The van der Waals surface area contributed by atoms with Gasteiger partial charge in [-0.2, -0.15) is 0 Å². The Balaban J connectivity index is 3.30. The summed E-state index contributed by atoms with van der Waals surface area (Å²) in [7, 11) is 0.544. The Morgan fingerprint density at radius 3 is 2.53 bits per heavy atom. The number of allylic oxidation sites excluding steroid dienone is 1. The fraction of sp³-hybridized carbons (Fsp3) is 0.385. The fourth-order valence-corrected chi connectivity index (χ4v) is 2.89.